The molecule has 2 aromatic rings. The van der Waals surface area contributed by atoms with Crippen LogP contribution < -0.4 is 4.90 Å². The second-order valence-electron chi connectivity index (χ2n) is 9.48. The smallest absolute Gasteiger partial charge is 0.248 e. The molecule has 1 aliphatic carbocycles. The molecular weight excluding hydrogens is 402 g/mol. The summed E-state index contributed by atoms with van der Waals surface area (Å²) in [4.78, 5) is 26.3. The van der Waals surface area contributed by atoms with Gasteiger partial charge in [-0.15, -0.1) is 0 Å². The summed E-state index contributed by atoms with van der Waals surface area (Å²) in [7, 11) is 0. The number of carbonyl (C=O) groups is 1. The number of amides is 1. The Morgan fingerprint density at radius 3 is 2.75 bits per heavy atom. The summed E-state index contributed by atoms with van der Waals surface area (Å²) < 4.78 is 6.30. The van der Waals surface area contributed by atoms with Crippen LogP contribution in [0.25, 0.3) is 0 Å². The van der Waals surface area contributed by atoms with E-state index in [2.05, 4.69) is 33.9 Å². The predicted octanol–water partition coefficient (Wildman–Crippen LogP) is 3.18. The topological polar surface area (TPSA) is 82.4 Å². The van der Waals surface area contributed by atoms with Gasteiger partial charge in [0, 0.05) is 37.2 Å². The molecule has 3 atom stereocenters. The third kappa shape index (κ3) is 3.63. The van der Waals surface area contributed by atoms with E-state index in [1.54, 1.807) is 6.20 Å². The molecule has 166 valence electrons. The summed E-state index contributed by atoms with van der Waals surface area (Å²) in [5, 5.41) is 9.05. The van der Waals surface area contributed by atoms with E-state index in [1.165, 1.54) is 0 Å². The number of nitrogens with zero attached hydrogens (tertiary/aromatic N) is 5. The molecule has 3 aliphatic rings. The van der Waals surface area contributed by atoms with Gasteiger partial charge < -0.3 is 14.5 Å². The second-order valence-corrected chi connectivity index (χ2v) is 9.48. The van der Waals surface area contributed by atoms with E-state index in [0.717, 1.165) is 42.8 Å². The number of aromatic nitrogens is 2. The first kappa shape index (κ1) is 20.9. The maximum Gasteiger partial charge on any atom is 0.248 e. The van der Waals surface area contributed by atoms with Crippen molar-refractivity contribution in [3.63, 3.8) is 0 Å². The average Bonchev–Trinajstić information content (AvgIpc) is 2.97. The first-order chi connectivity index (χ1) is 15.5. The summed E-state index contributed by atoms with van der Waals surface area (Å²) in [5.74, 6) is 1.45. The Hall–Kier alpha value is -2.98. The van der Waals surface area contributed by atoms with Crippen molar-refractivity contribution in [3.05, 3.63) is 53.5 Å². The Kier molecular flexibility index (Phi) is 5.34. The first-order valence-corrected chi connectivity index (χ1v) is 11.5. The Labute approximate surface area is 189 Å². The van der Waals surface area contributed by atoms with Crippen LogP contribution in [-0.2, 0) is 15.1 Å². The number of aryl methyl sites for hydroxylation is 1. The molecule has 0 aromatic carbocycles. The van der Waals surface area contributed by atoms with E-state index in [0.29, 0.717) is 24.6 Å². The minimum absolute atomic E-state index is 0.0681. The number of nitriles is 1. The van der Waals surface area contributed by atoms with E-state index in [-0.39, 0.29) is 30.2 Å². The van der Waals surface area contributed by atoms with Gasteiger partial charge in [0.25, 0.3) is 0 Å². The molecule has 2 bridgehead atoms. The van der Waals surface area contributed by atoms with Gasteiger partial charge in [0.15, 0.2) is 0 Å². The van der Waals surface area contributed by atoms with Gasteiger partial charge in [-0.2, -0.15) is 5.26 Å². The molecular formula is C25H29N5O2. The fourth-order valence-corrected chi connectivity index (χ4v) is 5.53. The summed E-state index contributed by atoms with van der Waals surface area (Å²) >= 11 is 0. The van der Waals surface area contributed by atoms with Crippen LogP contribution in [-0.4, -0.2) is 52.6 Å². The van der Waals surface area contributed by atoms with Gasteiger partial charge in [-0.25, -0.2) is 4.98 Å². The molecule has 32 heavy (non-hydrogen) atoms. The van der Waals surface area contributed by atoms with Gasteiger partial charge >= 0.3 is 0 Å². The largest absolute Gasteiger partial charge is 0.360 e. The number of fused-ring (bicyclic) bond motifs is 2. The number of likely N-dealkylation sites (tertiary alicyclic amines) is 1. The fraction of sp³-hybridized carbons (Fsp3) is 0.520. The number of hydrogen-bond acceptors (Lipinski definition) is 6. The number of ether oxygens (including phenoxy) is 1. The SMILES string of the molecule is Cc1cc(C2(OCC(=O)N3CC4C[C@H](C)C(C3)N4c3ccc(C#N)cn3)CCC2)ccn1. The van der Waals surface area contributed by atoms with Gasteiger partial charge in [0.05, 0.1) is 17.2 Å². The summed E-state index contributed by atoms with van der Waals surface area (Å²) in [6, 6.07) is 10.4. The lowest BCUT2D eigenvalue weighted by atomic mass is 9.75. The highest BCUT2D eigenvalue weighted by Gasteiger charge is 2.47. The molecule has 1 amide bonds. The summed E-state index contributed by atoms with van der Waals surface area (Å²) in [6.45, 7) is 5.72. The van der Waals surface area contributed by atoms with Crippen LogP contribution in [0.1, 0.15) is 49.4 Å². The molecule has 7 heteroatoms. The van der Waals surface area contributed by atoms with Crippen molar-refractivity contribution < 1.29 is 9.53 Å². The van der Waals surface area contributed by atoms with Crippen LogP contribution in [0.3, 0.4) is 0 Å². The Morgan fingerprint density at radius 1 is 1.28 bits per heavy atom. The van der Waals surface area contributed by atoms with Crippen LogP contribution in [0, 0.1) is 24.2 Å². The zero-order valence-corrected chi connectivity index (χ0v) is 18.7. The maximum atomic E-state index is 13.2. The Balaban J connectivity index is 1.26. The lowest BCUT2D eigenvalue weighted by Gasteiger charge is -2.44. The molecule has 7 nitrogen and oxygen atoms in total. The van der Waals surface area contributed by atoms with Gasteiger partial charge in [-0.05, 0) is 68.4 Å². The van der Waals surface area contributed by atoms with Crippen molar-refractivity contribution in [1.29, 1.82) is 5.26 Å². The van der Waals surface area contributed by atoms with Crippen LogP contribution in [0.4, 0.5) is 5.82 Å². The normalized spacial score (nSPS) is 25.8. The zero-order valence-electron chi connectivity index (χ0n) is 18.7. The van der Waals surface area contributed by atoms with Crippen molar-refractivity contribution in [2.75, 3.05) is 24.6 Å². The van der Waals surface area contributed by atoms with Crippen molar-refractivity contribution >= 4 is 11.7 Å². The number of anilines is 1. The molecule has 1 saturated carbocycles. The molecule has 0 spiro atoms. The van der Waals surface area contributed by atoms with Crippen molar-refractivity contribution in [3.8, 4) is 6.07 Å². The average molecular weight is 432 g/mol. The molecule has 2 aromatic heterocycles. The number of pyridine rings is 2. The molecule has 2 aliphatic heterocycles. The number of piperazine rings is 1. The lowest BCUT2D eigenvalue weighted by Crippen LogP contribution is -2.57. The van der Waals surface area contributed by atoms with E-state index >= 15 is 0 Å². The molecule has 2 unspecified atom stereocenters. The second kappa shape index (κ2) is 8.18. The number of hydrogen-bond donors (Lipinski definition) is 0. The molecule has 4 heterocycles. The van der Waals surface area contributed by atoms with Crippen molar-refractivity contribution in [2.45, 2.75) is 57.2 Å². The molecule has 0 radical (unpaired) electrons. The van der Waals surface area contributed by atoms with E-state index in [1.807, 2.05) is 36.2 Å². The minimum Gasteiger partial charge on any atom is -0.360 e. The first-order valence-electron chi connectivity index (χ1n) is 11.5. The molecule has 5 rings (SSSR count). The lowest BCUT2D eigenvalue weighted by molar-refractivity contribution is -0.154. The third-order valence-electron chi connectivity index (χ3n) is 7.44. The minimum atomic E-state index is -0.343. The zero-order chi connectivity index (χ0) is 22.3. The van der Waals surface area contributed by atoms with E-state index in [9.17, 15) is 4.79 Å². The molecule has 3 fully saturated rings. The van der Waals surface area contributed by atoms with E-state index < -0.39 is 0 Å². The molecule has 2 saturated heterocycles. The Bertz CT molecular complexity index is 1040. The van der Waals surface area contributed by atoms with Crippen LogP contribution >= 0.6 is 0 Å². The van der Waals surface area contributed by atoms with Gasteiger partial charge in [0.2, 0.25) is 5.91 Å². The summed E-state index contributed by atoms with van der Waals surface area (Å²) in [5.41, 5.74) is 2.33. The van der Waals surface area contributed by atoms with Crippen LogP contribution in [0.15, 0.2) is 36.7 Å². The third-order valence-corrected chi connectivity index (χ3v) is 7.44. The number of carbonyl (C=O) groups excluding carboxylic acids is 1. The highest BCUT2D eigenvalue weighted by Crippen LogP contribution is 2.45. The maximum absolute atomic E-state index is 13.2. The van der Waals surface area contributed by atoms with Crippen molar-refractivity contribution in [2.24, 2.45) is 5.92 Å². The highest BCUT2D eigenvalue weighted by atomic mass is 16.5. The quantitative estimate of drug-likeness (QED) is 0.723. The van der Waals surface area contributed by atoms with Gasteiger partial charge in [-0.1, -0.05) is 6.92 Å². The standard InChI is InChI=1S/C25H29N5O2/c1-17-10-21-14-29(15-22(17)30(21)23-5-4-19(12-26)13-28-23)24(31)16-32-25(7-3-8-25)20-6-9-27-18(2)11-20/h4-6,9,11,13,17,21-22H,3,7-8,10,14-16H2,1-2H3/t17-,21?,22?/m0/s1. The van der Waals surface area contributed by atoms with Crippen LogP contribution in [0.5, 0.6) is 0 Å². The predicted molar refractivity (Wildman–Crippen MR) is 120 cm³/mol. The van der Waals surface area contributed by atoms with Crippen LogP contribution in [0.2, 0.25) is 0 Å². The monoisotopic (exact) mass is 431 g/mol. The Morgan fingerprint density at radius 2 is 2.12 bits per heavy atom. The summed E-state index contributed by atoms with van der Waals surface area (Å²) in [6.07, 6.45) is 7.51. The van der Waals surface area contributed by atoms with E-state index in [4.69, 9.17) is 10.00 Å². The highest BCUT2D eigenvalue weighted by molar-refractivity contribution is 5.78. The fourth-order valence-electron chi connectivity index (χ4n) is 5.53. The van der Waals surface area contributed by atoms with Gasteiger partial charge in [-0.3, -0.25) is 9.78 Å². The van der Waals surface area contributed by atoms with Gasteiger partial charge in [0.1, 0.15) is 18.5 Å². The number of rotatable bonds is 5. The van der Waals surface area contributed by atoms with Crippen molar-refractivity contribution in [1.82, 2.24) is 14.9 Å². The molecule has 0 N–H and O–H groups in total.